The van der Waals surface area contributed by atoms with E-state index in [0.717, 1.165) is 18.4 Å². The fraction of sp³-hybridized carbons (Fsp3) is 0.333. The van der Waals surface area contributed by atoms with Gasteiger partial charge in [0.1, 0.15) is 0 Å². The molecule has 2 aromatic rings. The SMILES string of the molecule is O=c1c(NCc2ccc(C(F)F)cc2)nccn1C1CC1. The Labute approximate surface area is 120 Å². The van der Waals surface area contributed by atoms with Crippen molar-refractivity contribution in [1.82, 2.24) is 9.55 Å². The van der Waals surface area contributed by atoms with Gasteiger partial charge in [-0.15, -0.1) is 0 Å². The molecule has 1 aromatic carbocycles. The van der Waals surface area contributed by atoms with Gasteiger partial charge < -0.3 is 9.88 Å². The largest absolute Gasteiger partial charge is 0.361 e. The zero-order valence-corrected chi connectivity index (χ0v) is 11.3. The Balaban J connectivity index is 1.70. The first-order valence-electron chi connectivity index (χ1n) is 6.83. The summed E-state index contributed by atoms with van der Waals surface area (Å²) in [4.78, 5) is 16.2. The van der Waals surface area contributed by atoms with Gasteiger partial charge in [0.2, 0.25) is 0 Å². The van der Waals surface area contributed by atoms with Gasteiger partial charge in [-0.05, 0) is 18.4 Å². The normalized spacial score (nSPS) is 14.4. The van der Waals surface area contributed by atoms with E-state index in [9.17, 15) is 13.6 Å². The Hall–Kier alpha value is -2.24. The van der Waals surface area contributed by atoms with Gasteiger partial charge in [0.05, 0.1) is 0 Å². The van der Waals surface area contributed by atoms with Crippen LogP contribution < -0.4 is 10.9 Å². The molecular formula is C15H15F2N3O. The summed E-state index contributed by atoms with van der Waals surface area (Å²) >= 11 is 0. The maximum atomic E-state index is 12.5. The number of benzene rings is 1. The second-order valence-corrected chi connectivity index (χ2v) is 5.12. The molecule has 1 aliphatic rings. The van der Waals surface area contributed by atoms with Crippen LogP contribution in [-0.2, 0) is 6.54 Å². The fourth-order valence-corrected chi connectivity index (χ4v) is 2.15. The Morgan fingerprint density at radius 1 is 1.29 bits per heavy atom. The summed E-state index contributed by atoms with van der Waals surface area (Å²) in [7, 11) is 0. The topological polar surface area (TPSA) is 46.9 Å². The molecule has 0 spiro atoms. The van der Waals surface area contributed by atoms with Gasteiger partial charge in [-0.1, -0.05) is 24.3 Å². The third-order valence-electron chi connectivity index (χ3n) is 3.50. The van der Waals surface area contributed by atoms with E-state index in [4.69, 9.17) is 0 Å². The van der Waals surface area contributed by atoms with Gasteiger partial charge >= 0.3 is 0 Å². The lowest BCUT2D eigenvalue weighted by atomic mass is 10.1. The van der Waals surface area contributed by atoms with Crippen LogP contribution in [-0.4, -0.2) is 9.55 Å². The molecule has 0 saturated heterocycles. The van der Waals surface area contributed by atoms with Crippen molar-refractivity contribution in [3.05, 3.63) is 58.1 Å². The lowest BCUT2D eigenvalue weighted by Gasteiger charge is -2.08. The summed E-state index contributed by atoms with van der Waals surface area (Å²) in [6.07, 6.45) is 2.88. The minimum atomic E-state index is -2.46. The highest BCUT2D eigenvalue weighted by Gasteiger charge is 2.25. The number of rotatable bonds is 5. The average Bonchev–Trinajstić information content (AvgIpc) is 3.31. The van der Waals surface area contributed by atoms with Crippen molar-refractivity contribution in [2.24, 2.45) is 0 Å². The smallest absolute Gasteiger partial charge is 0.293 e. The van der Waals surface area contributed by atoms with Crippen LogP contribution >= 0.6 is 0 Å². The van der Waals surface area contributed by atoms with Gasteiger partial charge in [-0.2, -0.15) is 0 Å². The molecular weight excluding hydrogens is 276 g/mol. The van der Waals surface area contributed by atoms with Crippen molar-refractivity contribution in [3.63, 3.8) is 0 Å². The van der Waals surface area contributed by atoms with Gasteiger partial charge in [0.25, 0.3) is 12.0 Å². The number of nitrogens with one attached hydrogen (secondary N) is 1. The van der Waals surface area contributed by atoms with Crippen LogP contribution in [0.5, 0.6) is 0 Å². The number of nitrogens with zero attached hydrogens (tertiary/aromatic N) is 2. The van der Waals surface area contributed by atoms with Gasteiger partial charge in [0.15, 0.2) is 5.82 Å². The summed E-state index contributed by atoms with van der Waals surface area (Å²) in [6.45, 7) is 0.375. The minimum Gasteiger partial charge on any atom is -0.361 e. The van der Waals surface area contributed by atoms with Crippen molar-refractivity contribution < 1.29 is 8.78 Å². The summed E-state index contributed by atoms with van der Waals surface area (Å²) < 4.78 is 26.6. The van der Waals surface area contributed by atoms with E-state index in [1.165, 1.54) is 12.1 Å². The molecule has 1 N–H and O–H groups in total. The number of halogens is 2. The van der Waals surface area contributed by atoms with E-state index >= 15 is 0 Å². The molecule has 110 valence electrons. The van der Waals surface area contributed by atoms with E-state index in [1.807, 2.05) is 0 Å². The van der Waals surface area contributed by atoms with Crippen LogP contribution in [0, 0.1) is 0 Å². The highest BCUT2D eigenvalue weighted by Crippen LogP contribution is 2.33. The maximum absolute atomic E-state index is 12.5. The molecule has 0 radical (unpaired) electrons. The summed E-state index contributed by atoms with van der Waals surface area (Å²) in [5.41, 5.74) is 0.680. The van der Waals surface area contributed by atoms with Crippen LogP contribution in [0.2, 0.25) is 0 Å². The Kier molecular flexibility index (Phi) is 3.68. The van der Waals surface area contributed by atoms with E-state index < -0.39 is 6.43 Å². The zero-order valence-electron chi connectivity index (χ0n) is 11.3. The number of alkyl halides is 2. The lowest BCUT2D eigenvalue weighted by molar-refractivity contribution is 0.151. The first kappa shape index (κ1) is 13.7. The quantitative estimate of drug-likeness (QED) is 0.920. The molecule has 4 nitrogen and oxygen atoms in total. The Morgan fingerprint density at radius 2 is 2.00 bits per heavy atom. The van der Waals surface area contributed by atoms with E-state index in [2.05, 4.69) is 10.3 Å². The minimum absolute atomic E-state index is 0.00678. The molecule has 1 saturated carbocycles. The number of hydrogen-bond donors (Lipinski definition) is 1. The second kappa shape index (κ2) is 5.63. The average molecular weight is 291 g/mol. The van der Waals surface area contributed by atoms with Crippen LogP contribution in [0.4, 0.5) is 14.6 Å². The van der Waals surface area contributed by atoms with Crippen LogP contribution in [0.25, 0.3) is 0 Å². The van der Waals surface area contributed by atoms with Crippen molar-refractivity contribution in [2.45, 2.75) is 31.9 Å². The monoisotopic (exact) mass is 291 g/mol. The Bertz CT molecular complexity index is 678. The molecule has 0 amide bonds. The predicted molar refractivity (Wildman–Crippen MR) is 75.5 cm³/mol. The van der Waals surface area contributed by atoms with Crippen molar-refractivity contribution in [3.8, 4) is 0 Å². The van der Waals surface area contributed by atoms with E-state index in [0.29, 0.717) is 18.4 Å². The first-order valence-corrected chi connectivity index (χ1v) is 6.83. The fourth-order valence-electron chi connectivity index (χ4n) is 2.15. The van der Waals surface area contributed by atoms with Crippen molar-refractivity contribution >= 4 is 5.82 Å². The van der Waals surface area contributed by atoms with E-state index in [-0.39, 0.29) is 11.1 Å². The van der Waals surface area contributed by atoms with Crippen LogP contribution in [0.3, 0.4) is 0 Å². The highest BCUT2D eigenvalue weighted by atomic mass is 19.3. The third kappa shape index (κ3) is 3.09. The number of aromatic nitrogens is 2. The summed E-state index contributed by atoms with van der Waals surface area (Å²) in [5, 5.41) is 2.97. The molecule has 1 heterocycles. The predicted octanol–water partition coefficient (Wildman–Crippen LogP) is 3.13. The standard InChI is InChI=1S/C15H15F2N3O/c16-13(17)11-3-1-10(2-4-11)9-19-14-15(21)20(8-7-18-14)12-5-6-12/h1-4,7-8,12-13H,5-6,9H2,(H,18,19). The number of hydrogen-bond acceptors (Lipinski definition) is 3. The molecule has 1 fully saturated rings. The molecule has 6 heteroatoms. The molecule has 0 unspecified atom stereocenters. The van der Waals surface area contributed by atoms with Gasteiger partial charge in [-0.25, -0.2) is 13.8 Å². The summed E-state index contributed by atoms with van der Waals surface area (Å²) in [6, 6.07) is 6.32. The molecule has 3 rings (SSSR count). The Morgan fingerprint density at radius 3 is 2.62 bits per heavy atom. The van der Waals surface area contributed by atoms with E-state index in [1.54, 1.807) is 29.1 Å². The number of anilines is 1. The summed E-state index contributed by atoms with van der Waals surface area (Å²) in [5.74, 6) is 0.294. The lowest BCUT2D eigenvalue weighted by Crippen LogP contribution is -2.23. The molecule has 21 heavy (non-hydrogen) atoms. The molecule has 0 bridgehead atoms. The third-order valence-corrected chi connectivity index (χ3v) is 3.50. The van der Waals surface area contributed by atoms with Crippen LogP contribution in [0.15, 0.2) is 41.5 Å². The second-order valence-electron chi connectivity index (χ2n) is 5.12. The van der Waals surface area contributed by atoms with Crippen LogP contribution in [0.1, 0.15) is 36.4 Å². The molecule has 1 aliphatic carbocycles. The zero-order chi connectivity index (χ0) is 14.8. The highest BCUT2D eigenvalue weighted by molar-refractivity contribution is 5.34. The van der Waals surface area contributed by atoms with Gasteiger partial charge in [0, 0.05) is 30.5 Å². The molecule has 0 atom stereocenters. The maximum Gasteiger partial charge on any atom is 0.293 e. The first-order chi connectivity index (χ1) is 10.1. The molecule has 0 aliphatic heterocycles. The molecule has 1 aromatic heterocycles. The van der Waals surface area contributed by atoms with Crippen molar-refractivity contribution in [1.29, 1.82) is 0 Å². The van der Waals surface area contributed by atoms with Gasteiger partial charge in [-0.3, -0.25) is 4.79 Å². The van der Waals surface area contributed by atoms with Crippen molar-refractivity contribution in [2.75, 3.05) is 5.32 Å².